The summed E-state index contributed by atoms with van der Waals surface area (Å²) >= 11 is 0. The summed E-state index contributed by atoms with van der Waals surface area (Å²) in [6.07, 6.45) is 3.66. The molecule has 0 heterocycles. The first kappa shape index (κ1) is 11.9. The van der Waals surface area contributed by atoms with Crippen LogP contribution in [-0.2, 0) is 0 Å². The number of likely N-dealkylation sites (N-methyl/N-ethyl adjacent to an activating group) is 1. The van der Waals surface area contributed by atoms with E-state index in [1.165, 1.54) is 12.8 Å². The average molecular weight is 172 g/mol. The molecular weight excluding hydrogens is 148 g/mol. The van der Waals surface area contributed by atoms with Crippen LogP contribution in [0.3, 0.4) is 0 Å². The zero-order valence-corrected chi connectivity index (χ0v) is 9.06. The summed E-state index contributed by atoms with van der Waals surface area (Å²) in [4.78, 5) is 2.39. The maximum Gasteiger partial charge on any atom is 0.0297 e. The van der Waals surface area contributed by atoms with Gasteiger partial charge in [-0.2, -0.15) is 0 Å². The molecule has 0 fully saturated rings. The van der Waals surface area contributed by atoms with E-state index in [9.17, 15) is 0 Å². The van der Waals surface area contributed by atoms with E-state index >= 15 is 0 Å². The normalized spacial score (nSPS) is 16.5. The summed E-state index contributed by atoms with van der Waals surface area (Å²) in [5, 5.41) is 0. The van der Waals surface area contributed by atoms with Crippen LogP contribution in [0.25, 0.3) is 0 Å². The predicted octanol–water partition coefficient (Wildman–Crippen LogP) is 1.85. The third kappa shape index (κ3) is 3.11. The first-order valence-corrected chi connectivity index (χ1v) is 5.02. The van der Waals surface area contributed by atoms with E-state index in [2.05, 4.69) is 32.7 Å². The summed E-state index contributed by atoms with van der Waals surface area (Å²) in [5.41, 5.74) is 5.95. The minimum atomic E-state index is 0.204. The first-order chi connectivity index (χ1) is 5.60. The number of unbranched alkanes of at least 4 members (excludes halogenated alkanes) is 1. The molecule has 1 unspecified atom stereocenters. The minimum Gasteiger partial charge on any atom is -0.329 e. The van der Waals surface area contributed by atoms with E-state index in [1.807, 2.05) is 0 Å². The van der Waals surface area contributed by atoms with Crippen LogP contribution in [0, 0.1) is 0 Å². The van der Waals surface area contributed by atoms with Crippen molar-refractivity contribution >= 4 is 0 Å². The zero-order chi connectivity index (χ0) is 9.61. The van der Waals surface area contributed by atoms with Crippen molar-refractivity contribution in [2.24, 2.45) is 5.73 Å². The van der Waals surface area contributed by atoms with Crippen molar-refractivity contribution in [3.05, 3.63) is 0 Å². The Balaban J connectivity index is 3.93. The summed E-state index contributed by atoms with van der Waals surface area (Å²) in [5.74, 6) is 0. The van der Waals surface area contributed by atoms with Gasteiger partial charge in [-0.15, -0.1) is 0 Å². The lowest BCUT2D eigenvalue weighted by molar-refractivity contribution is 0.138. The summed E-state index contributed by atoms with van der Waals surface area (Å²) in [6, 6.07) is 0. The van der Waals surface area contributed by atoms with E-state index in [4.69, 9.17) is 5.73 Å². The Morgan fingerprint density at radius 3 is 2.25 bits per heavy atom. The molecule has 2 nitrogen and oxygen atoms in total. The SMILES string of the molecule is CCCCN(C)C(C)(CC)CN. The molecular formula is C10H24N2. The van der Waals surface area contributed by atoms with Gasteiger partial charge in [-0.05, 0) is 33.4 Å². The van der Waals surface area contributed by atoms with E-state index < -0.39 is 0 Å². The highest BCUT2D eigenvalue weighted by atomic mass is 15.2. The highest BCUT2D eigenvalue weighted by molar-refractivity contribution is 4.83. The molecule has 0 amide bonds. The Hall–Kier alpha value is -0.0800. The fourth-order valence-electron chi connectivity index (χ4n) is 1.24. The van der Waals surface area contributed by atoms with Gasteiger partial charge in [0.1, 0.15) is 0 Å². The van der Waals surface area contributed by atoms with Crippen molar-refractivity contribution in [1.82, 2.24) is 4.90 Å². The van der Waals surface area contributed by atoms with Crippen LogP contribution in [0.2, 0.25) is 0 Å². The van der Waals surface area contributed by atoms with Crippen molar-refractivity contribution in [3.63, 3.8) is 0 Å². The third-order valence-corrected chi connectivity index (χ3v) is 2.97. The topological polar surface area (TPSA) is 29.3 Å². The van der Waals surface area contributed by atoms with E-state index in [1.54, 1.807) is 0 Å². The van der Waals surface area contributed by atoms with Crippen molar-refractivity contribution in [1.29, 1.82) is 0 Å². The standard InChI is InChI=1S/C10H24N2/c1-5-7-8-12(4)10(3,6-2)9-11/h5-9,11H2,1-4H3. The smallest absolute Gasteiger partial charge is 0.0297 e. The van der Waals surface area contributed by atoms with Crippen LogP contribution in [-0.4, -0.2) is 30.6 Å². The lowest BCUT2D eigenvalue weighted by Crippen LogP contribution is -2.49. The van der Waals surface area contributed by atoms with Crippen LogP contribution >= 0.6 is 0 Å². The van der Waals surface area contributed by atoms with E-state index in [-0.39, 0.29) is 5.54 Å². The molecule has 0 aliphatic rings. The Morgan fingerprint density at radius 2 is 1.92 bits per heavy atom. The fourth-order valence-corrected chi connectivity index (χ4v) is 1.24. The Kier molecular flexibility index (Phi) is 5.51. The van der Waals surface area contributed by atoms with Gasteiger partial charge in [-0.25, -0.2) is 0 Å². The summed E-state index contributed by atoms with van der Waals surface area (Å²) < 4.78 is 0. The Labute approximate surface area is 77.1 Å². The van der Waals surface area contributed by atoms with Crippen molar-refractivity contribution < 1.29 is 0 Å². The van der Waals surface area contributed by atoms with E-state index in [0.29, 0.717) is 0 Å². The molecule has 1 atom stereocenters. The molecule has 0 aliphatic carbocycles. The molecule has 2 heteroatoms. The molecule has 0 saturated carbocycles. The van der Waals surface area contributed by atoms with Crippen LogP contribution < -0.4 is 5.73 Å². The lowest BCUT2D eigenvalue weighted by atomic mass is 9.97. The molecule has 0 rings (SSSR count). The fraction of sp³-hybridized carbons (Fsp3) is 1.00. The Morgan fingerprint density at radius 1 is 1.33 bits per heavy atom. The maximum absolute atomic E-state index is 5.75. The van der Waals surface area contributed by atoms with Gasteiger partial charge in [-0.3, -0.25) is 4.90 Å². The van der Waals surface area contributed by atoms with Crippen LogP contribution in [0.5, 0.6) is 0 Å². The summed E-state index contributed by atoms with van der Waals surface area (Å²) in [7, 11) is 2.17. The number of hydrogen-bond donors (Lipinski definition) is 1. The summed E-state index contributed by atoms with van der Waals surface area (Å²) in [6.45, 7) is 8.58. The third-order valence-electron chi connectivity index (χ3n) is 2.97. The molecule has 2 N–H and O–H groups in total. The highest BCUT2D eigenvalue weighted by Crippen LogP contribution is 2.16. The van der Waals surface area contributed by atoms with Crippen LogP contribution in [0.4, 0.5) is 0 Å². The molecule has 0 radical (unpaired) electrons. The number of nitrogens with zero attached hydrogens (tertiary/aromatic N) is 1. The molecule has 0 aromatic rings. The Bertz CT molecular complexity index is 108. The molecule has 0 saturated heterocycles. The average Bonchev–Trinajstić information content (AvgIpc) is 2.12. The second-order valence-electron chi connectivity index (χ2n) is 3.83. The van der Waals surface area contributed by atoms with Gasteiger partial charge in [0.2, 0.25) is 0 Å². The molecule has 0 aromatic carbocycles. The monoisotopic (exact) mass is 172 g/mol. The number of rotatable bonds is 6. The highest BCUT2D eigenvalue weighted by Gasteiger charge is 2.24. The van der Waals surface area contributed by atoms with Gasteiger partial charge in [-0.1, -0.05) is 20.3 Å². The largest absolute Gasteiger partial charge is 0.329 e. The molecule has 0 spiro atoms. The van der Waals surface area contributed by atoms with Gasteiger partial charge < -0.3 is 5.73 Å². The van der Waals surface area contributed by atoms with Gasteiger partial charge in [0.05, 0.1) is 0 Å². The molecule has 0 aromatic heterocycles. The van der Waals surface area contributed by atoms with Gasteiger partial charge in [0, 0.05) is 12.1 Å². The lowest BCUT2D eigenvalue weighted by Gasteiger charge is -2.37. The first-order valence-electron chi connectivity index (χ1n) is 5.02. The van der Waals surface area contributed by atoms with Crippen LogP contribution in [0.1, 0.15) is 40.0 Å². The minimum absolute atomic E-state index is 0.204. The van der Waals surface area contributed by atoms with Crippen molar-refractivity contribution in [3.8, 4) is 0 Å². The van der Waals surface area contributed by atoms with Gasteiger partial charge in [0.15, 0.2) is 0 Å². The molecule has 0 aliphatic heterocycles. The predicted molar refractivity (Wildman–Crippen MR) is 55.3 cm³/mol. The van der Waals surface area contributed by atoms with E-state index in [0.717, 1.165) is 19.5 Å². The number of nitrogens with two attached hydrogens (primary N) is 1. The quantitative estimate of drug-likeness (QED) is 0.662. The second-order valence-corrected chi connectivity index (χ2v) is 3.83. The zero-order valence-electron chi connectivity index (χ0n) is 9.06. The maximum atomic E-state index is 5.75. The van der Waals surface area contributed by atoms with Crippen molar-refractivity contribution in [2.75, 3.05) is 20.1 Å². The number of hydrogen-bond acceptors (Lipinski definition) is 2. The molecule has 0 bridgehead atoms. The second kappa shape index (κ2) is 5.55. The molecule has 74 valence electrons. The molecule has 12 heavy (non-hydrogen) atoms. The van der Waals surface area contributed by atoms with Crippen LogP contribution in [0.15, 0.2) is 0 Å². The van der Waals surface area contributed by atoms with Crippen molar-refractivity contribution in [2.45, 2.75) is 45.6 Å². The van der Waals surface area contributed by atoms with Gasteiger partial charge >= 0.3 is 0 Å². The van der Waals surface area contributed by atoms with Gasteiger partial charge in [0.25, 0.3) is 0 Å².